The lowest BCUT2D eigenvalue weighted by Crippen LogP contribution is -2.23. The predicted octanol–water partition coefficient (Wildman–Crippen LogP) is 4.84. The van der Waals surface area contributed by atoms with Gasteiger partial charge in [-0.05, 0) is 36.4 Å². The third-order valence-corrected chi connectivity index (χ3v) is 4.43. The van der Waals surface area contributed by atoms with E-state index in [2.05, 4.69) is 74.6 Å². The summed E-state index contributed by atoms with van der Waals surface area (Å²) in [7, 11) is 0. The molecule has 0 bridgehead atoms. The largest absolute Gasteiger partial charge is 0.305 e. The van der Waals surface area contributed by atoms with Gasteiger partial charge in [0.1, 0.15) is 0 Å². The topological polar surface area (TPSA) is 24.9 Å². The van der Waals surface area contributed by atoms with Gasteiger partial charge >= 0.3 is 0 Å². The summed E-state index contributed by atoms with van der Waals surface area (Å²) in [5, 5.41) is 6.91. The number of thiazole rings is 1. The molecule has 0 saturated carbocycles. The van der Waals surface area contributed by atoms with Crippen LogP contribution in [0.1, 0.15) is 62.0 Å². The van der Waals surface area contributed by atoms with Crippen molar-refractivity contribution < 1.29 is 0 Å². The molecule has 0 aliphatic heterocycles. The Balaban J connectivity index is 2.28. The van der Waals surface area contributed by atoms with Gasteiger partial charge in [-0.2, -0.15) is 0 Å². The summed E-state index contributed by atoms with van der Waals surface area (Å²) in [6, 6.07) is 9.17. The summed E-state index contributed by atoms with van der Waals surface area (Å²) < 4.78 is 0. The molecule has 0 radical (unpaired) electrons. The number of benzene rings is 1. The van der Waals surface area contributed by atoms with Gasteiger partial charge in [0.2, 0.25) is 0 Å². The number of aryl methyl sites for hydroxylation is 1. The second kappa shape index (κ2) is 6.71. The Hall–Kier alpha value is -1.19. The number of hydrogen-bond acceptors (Lipinski definition) is 3. The molecule has 1 heterocycles. The summed E-state index contributed by atoms with van der Waals surface area (Å²) in [5.41, 5.74) is 3.99. The van der Waals surface area contributed by atoms with Crippen LogP contribution in [-0.2, 0) is 5.41 Å². The molecule has 2 nitrogen and oxygen atoms in total. The van der Waals surface area contributed by atoms with Crippen molar-refractivity contribution in [3.63, 3.8) is 0 Å². The molecule has 114 valence electrons. The van der Waals surface area contributed by atoms with Gasteiger partial charge in [0.25, 0.3) is 0 Å². The maximum absolute atomic E-state index is 4.67. The molecule has 0 aliphatic carbocycles. The Bertz CT molecular complexity index is 564. The molecule has 0 spiro atoms. The normalized spacial score (nSPS) is 13.4. The van der Waals surface area contributed by atoms with Crippen molar-refractivity contribution in [1.82, 2.24) is 10.3 Å². The molecule has 21 heavy (non-hydrogen) atoms. The first-order valence-electron chi connectivity index (χ1n) is 7.67. The van der Waals surface area contributed by atoms with Gasteiger partial charge in [-0.3, -0.25) is 0 Å². The Labute approximate surface area is 132 Å². The zero-order chi connectivity index (χ0) is 15.5. The van der Waals surface area contributed by atoms with Gasteiger partial charge in [-0.25, -0.2) is 4.98 Å². The molecule has 1 N–H and O–H groups in total. The smallest absolute Gasteiger partial charge is 0.0898 e. The van der Waals surface area contributed by atoms with E-state index in [4.69, 9.17) is 0 Å². The molecule has 1 atom stereocenters. The van der Waals surface area contributed by atoms with Gasteiger partial charge in [0.05, 0.1) is 16.7 Å². The molecule has 0 fully saturated rings. The molecular formula is C18H26N2S. The first-order chi connectivity index (χ1) is 9.91. The molecule has 2 rings (SSSR count). The van der Waals surface area contributed by atoms with Crippen LogP contribution in [-0.4, -0.2) is 11.5 Å². The van der Waals surface area contributed by atoms with E-state index in [1.54, 1.807) is 11.3 Å². The molecule has 1 aromatic heterocycles. The zero-order valence-electron chi connectivity index (χ0n) is 13.7. The summed E-state index contributed by atoms with van der Waals surface area (Å²) in [4.78, 5) is 4.67. The number of nitrogens with one attached hydrogen (secondary N) is 1. The fraction of sp³-hybridized carbons (Fsp3) is 0.500. The average Bonchev–Trinajstić information content (AvgIpc) is 2.85. The van der Waals surface area contributed by atoms with Crippen molar-refractivity contribution in [2.75, 3.05) is 6.54 Å². The Morgan fingerprint density at radius 3 is 2.33 bits per heavy atom. The summed E-state index contributed by atoms with van der Waals surface area (Å²) in [6.45, 7) is 12.0. The zero-order valence-corrected chi connectivity index (χ0v) is 14.6. The number of nitrogens with zero attached hydrogens (tertiary/aromatic N) is 1. The van der Waals surface area contributed by atoms with Gasteiger partial charge in [0.15, 0.2) is 0 Å². The van der Waals surface area contributed by atoms with Crippen LogP contribution in [0.25, 0.3) is 0 Å². The first kappa shape index (κ1) is 16.2. The summed E-state index contributed by atoms with van der Waals surface area (Å²) in [6.07, 6.45) is 1.12. The van der Waals surface area contributed by atoms with E-state index in [1.807, 2.05) is 0 Å². The lowest BCUT2D eigenvalue weighted by atomic mass is 9.86. The molecule has 1 aromatic carbocycles. The van der Waals surface area contributed by atoms with E-state index in [1.165, 1.54) is 11.1 Å². The van der Waals surface area contributed by atoms with Crippen LogP contribution in [0, 0.1) is 6.92 Å². The second-order valence-corrected chi connectivity index (χ2v) is 7.61. The fourth-order valence-electron chi connectivity index (χ4n) is 2.37. The van der Waals surface area contributed by atoms with Gasteiger partial charge in [-0.15, -0.1) is 11.3 Å². The minimum Gasteiger partial charge on any atom is -0.305 e. The van der Waals surface area contributed by atoms with Crippen LogP contribution in [0.2, 0.25) is 0 Å². The number of rotatable bonds is 5. The fourth-order valence-corrected chi connectivity index (χ4v) is 3.01. The third-order valence-electron chi connectivity index (χ3n) is 3.64. The van der Waals surface area contributed by atoms with Crippen molar-refractivity contribution in [2.24, 2.45) is 0 Å². The minimum absolute atomic E-state index is 0.197. The Kier molecular flexibility index (Phi) is 5.17. The highest BCUT2D eigenvalue weighted by Crippen LogP contribution is 2.27. The number of aromatic nitrogens is 1. The van der Waals surface area contributed by atoms with Crippen LogP contribution in [0.4, 0.5) is 0 Å². The van der Waals surface area contributed by atoms with Crippen molar-refractivity contribution >= 4 is 11.3 Å². The lowest BCUT2D eigenvalue weighted by molar-refractivity contribution is 0.579. The maximum Gasteiger partial charge on any atom is 0.0898 e. The van der Waals surface area contributed by atoms with E-state index in [9.17, 15) is 0 Å². The lowest BCUT2D eigenvalue weighted by Gasteiger charge is -2.21. The van der Waals surface area contributed by atoms with Crippen LogP contribution in [0.5, 0.6) is 0 Å². The van der Waals surface area contributed by atoms with Crippen LogP contribution in [0.15, 0.2) is 29.6 Å². The maximum atomic E-state index is 4.67. The summed E-state index contributed by atoms with van der Waals surface area (Å²) in [5.74, 6) is 0. The molecule has 2 aromatic rings. The molecule has 0 saturated heterocycles. The highest BCUT2D eigenvalue weighted by atomic mass is 32.1. The van der Waals surface area contributed by atoms with E-state index < -0.39 is 0 Å². The average molecular weight is 302 g/mol. The Morgan fingerprint density at radius 1 is 1.19 bits per heavy atom. The van der Waals surface area contributed by atoms with Crippen molar-refractivity contribution in [3.8, 4) is 0 Å². The van der Waals surface area contributed by atoms with Gasteiger partial charge in [0, 0.05) is 5.38 Å². The molecular weight excluding hydrogens is 276 g/mol. The minimum atomic E-state index is 0.197. The second-order valence-electron chi connectivity index (χ2n) is 6.55. The van der Waals surface area contributed by atoms with E-state index in [0.29, 0.717) is 0 Å². The SMILES string of the molecule is CCCNC(c1ccc(C(C)(C)C)cc1)c1csc(C)n1. The van der Waals surface area contributed by atoms with Crippen LogP contribution >= 0.6 is 11.3 Å². The predicted molar refractivity (Wildman–Crippen MR) is 92.1 cm³/mol. The Morgan fingerprint density at radius 2 is 1.86 bits per heavy atom. The van der Waals surface area contributed by atoms with E-state index >= 15 is 0 Å². The molecule has 1 unspecified atom stereocenters. The van der Waals surface area contributed by atoms with E-state index in [-0.39, 0.29) is 11.5 Å². The van der Waals surface area contributed by atoms with Crippen molar-refractivity contribution in [2.45, 2.75) is 52.5 Å². The van der Waals surface area contributed by atoms with Crippen LogP contribution in [0.3, 0.4) is 0 Å². The van der Waals surface area contributed by atoms with Gasteiger partial charge in [-0.1, -0.05) is 52.0 Å². The van der Waals surface area contributed by atoms with Crippen molar-refractivity contribution in [3.05, 3.63) is 51.5 Å². The quantitative estimate of drug-likeness (QED) is 0.855. The monoisotopic (exact) mass is 302 g/mol. The third kappa shape index (κ3) is 4.14. The van der Waals surface area contributed by atoms with E-state index in [0.717, 1.165) is 23.7 Å². The molecule has 0 amide bonds. The molecule has 0 aliphatic rings. The molecule has 3 heteroatoms. The highest BCUT2D eigenvalue weighted by molar-refractivity contribution is 7.09. The summed E-state index contributed by atoms with van der Waals surface area (Å²) >= 11 is 1.72. The van der Waals surface area contributed by atoms with Gasteiger partial charge < -0.3 is 5.32 Å². The highest BCUT2D eigenvalue weighted by Gasteiger charge is 2.18. The number of hydrogen-bond donors (Lipinski definition) is 1. The van der Waals surface area contributed by atoms with Crippen molar-refractivity contribution in [1.29, 1.82) is 0 Å². The van der Waals surface area contributed by atoms with Crippen LogP contribution < -0.4 is 5.32 Å². The standard InChI is InChI=1S/C18H26N2S/c1-6-11-19-17(16-12-21-13(2)20-16)14-7-9-15(10-8-14)18(3,4)5/h7-10,12,17,19H,6,11H2,1-5H3. The first-order valence-corrected chi connectivity index (χ1v) is 8.55.